The van der Waals surface area contributed by atoms with Gasteiger partial charge >= 0.3 is 0 Å². The smallest absolute Gasteiger partial charge is 0.161 e. The minimum absolute atomic E-state index is 0.0366. The van der Waals surface area contributed by atoms with Gasteiger partial charge in [-0.2, -0.15) is 0 Å². The highest BCUT2D eigenvalue weighted by molar-refractivity contribution is 5.41. The van der Waals surface area contributed by atoms with Crippen LogP contribution in [0.1, 0.15) is 12.8 Å². The average molecular weight is 371 g/mol. The lowest BCUT2D eigenvalue weighted by Crippen LogP contribution is -2.47. The van der Waals surface area contributed by atoms with Crippen LogP contribution in [0.5, 0.6) is 23.0 Å². The van der Waals surface area contributed by atoms with Crippen LogP contribution in [0, 0.1) is 0 Å². The molecule has 0 unspecified atom stereocenters. The predicted molar refractivity (Wildman–Crippen MR) is 101 cm³/mol. The first-order chi connectivity index (χ1) is 13.2. The molecule has 1 fully saturated rings. The summed E-state index contributed by atoms with van der Waals surface area (Å²) in [5.41, 5.74) is 0. The fourth-order valence-electron chi connectivity index (χ4n) is 3.62. The van der Waals surface area contributed by atoms with Crippen molar-refractivity contribution >= 4 is 0 Å². The first kappa shape index (κ1) is 17.9. The Morgan fingerprint density at radius 2 is 1.78 bits per heavy atom. The van der Waals surface area contributed by atoms with Gasteiger partial charge in [-0.25, -0.2) is 0 Å². The molecule has 2 aromatic carbocycles. The van der Waals surface area contributed by atoms with Crippen LogP contribution in [-0.4, -0.2) is 49.7 Å². The summed E-state index contributed by atoms with van der Waals surface area (Å²) in [5.74, 6) is 2.87. The van der Waals surface area contributed by atoms with Crippen molar-refractivity contribution in [3.8, 4) is 23.0 Å². The lowest BCUT2D eigenvalue weighted by molar-refractivity contribution is 0.0373. The second-order valence-electron chi connectivity index (χ2n) is 6.89. The molecule has 144 valence electrons. The standard InChI is InChI=1S/C21H25NO5/c1-24-16-6-2-4-8-18(16)27-20-11-10-15(21(20)23)22-12-14-13-25-17-7-3-5-9-19(17)26-14/h2-9,14-15,20-23H,10-13H2,1H3/t14-,15-,20-,21-/m1/s1. The molecule has 1 heterocycles. The summed E-state index contributed by atoms with van der Waals surface area (Å²) >= 11 is 0. The van der Waals surface area contributed by atoms with Crippen molar-refractivity contribution in [1.29, 1.82) is 0 Å². The van der Waals surface area contributed by atoms with Crippen LogP contribution in [0.25, 0.3) is 0 Å². The number of benzene rings is 2. The Balaban J connectivity index is 1.30. The summed E-state index contributed by atoms with van der Waals surface area (Å²) in [7, 11) is 1.61. The Hall–Kier alpha value is -2.44. The zero-order valence-electron chi connectivity index (χ0n) is 15.3. The molecule has 0 spiro atoms. The van der Waals surface area contributed by atoms with Crippen LogP contribution in [0.3, 0.4) is 0 Å². The number of hydrogen-bond acceptors (Lipinski definition) is 6. The lowest BCUT2D eigenvalue weighted by atomic mass is 10.2. The van der Waals surface area contributed by atoms with Gasteiger partial charge in [0.1, 0.15) is 24.9 Å². The monoisotopic (exact) mass is 371 g/mol. The Morgan fingerprint density at radius 3 is 2.59 bits per heavy atom. The molecule has 0 amide bonds. The average Bonchev–Trinajstić information content (AvgIpc) is 3.06. The van der Waals surface area contributed by atoms with Crippen LogP contribution in [0.2, 0.25) is 0 Å². The molecule has 6 nitrogen and oxygen atoms in total. The maximum atomic E-state index is 10.7. The van der Waals surface area contributed by atoms with Gasteiger partial charge in [-0.3, -0.25) is 0 Å². The SMILES string of the molecule is COc1ccccc1O[C@@H]1CC[C@@H](NC[C@@H]2COc3ccccc3O2)[C@H]1O. The molecule has 0 saturated heterocycles. The molecule has 0 bridgehead atoms. The fourth-order valence-corrected chi connectivity index (χ4v) is 3.62. The van der Waals surface area contributed by atoms with Crippen LogP contribution < -0.4 is 24.3 Å². The van der Waals surface area contributed by atoms with E-state index < -0.39 is 6.10 Å². The zero-order chi connectivity index (χ0) is 18.6. The summed E-state index contributed by atoms with van der Waals surface area (Å²) in [4.78, 5) is 0. The fraction of sp³-hybridized carbons (Fsp3) is 0.429. The Kier molecular flexibility index (Phi) is 5.36. The predicted octanol–water partition coefficient (Wildman–Crippen LogP) is 2.40. The quantitative estimate of drug-likeness (QED) is 0.813. The molecular formula is C21H25NO5. The van der Waals surface area contributed by atoms with E-state index in [4.69, 9.17) is 18.9 Å². The number of para-hydroxylation sites is 4. The Bertz CT molecular complexity index is 768. The van der Waals surface area contributed by atoms with Crippen molar-refractivity contribution in [2.24, 2.45) is 0 Å². The number of rotatable bonds is 6. The van der Waals surface area contributed by atoms with Gasteiger partial charge in [0.15, 0.2) is 23.0 Å². The summed E-state index contributed by atoms with van der Waals surface area (Å²) in [6, 6.07) is 15.1. The molecule has 6 heteroatoms. The molecular weight excluding hydrogens is 346 g/mol. The van der Waals surface area contributed by atoms with Gasteiger partial charge in [0.25, 0.3) is 0 Å². The van der Waals surface area contributed by atoms with Crippen LogP contribution in [-0.2, 0) is 0 Å². The van der Waals surface area contributed by atoms with Gasteiger partial charge in [0.05, 0.1) is 7.11 Å². The van der Waals surface area contributed by atoms with E-state index in [0.29, 0.717) is 24.7 Å². The minimum Gasteiger partial charge on any atom is -0.493 e. The highest BCUT2D eigenvalue weighted by Gasteiger charge is 2.37. The minimum atomic E-state index is -0.591. The number of methoxy groups -OCH3 is 1. The molecule has 1 aliphatic carbocycles. The molecule has 27 heavy (non-hydrogen) atoms. The first-order valence-electron chi connectivity index (χ1n) is 9.34. The van der Waals surface area contributed by atoms with Gasteiger partial charge in [0, 0.05) is 12.6 Å². The topological polar surface area (TPSA) is 69.2 Å². The van der Waals surface area contributed by atoms with E-state index in [1.807, 2.05) is 48.5 Å². The van der Waals surface area contributed by atoms with Crippen molar-refractivity contribution in [2.45, 2.75) is 37.2 Å². The number of fused-ring (bicyclic) bond motifs is 1. The molecule has 0 aromatic heterocycles. The third-order valence-electron chi connectivity index (χ3n) is 5.08. The summed E-state index contributed by atoms with van der Waals surface area (Å²) < 4.78 is 23.0. The second kappa shape index (κ2) is 8.06. The first-order valence-corrected chi connectivity index (χ1v) is 9.34. The summed E-state index contributed by atoms with van der Waals surface area (Å²) in [5, 5.41) is 14.1. The molecule has 2 aliphatic rings. The van der Waals surface area contributed by atoms with Gasteiger partial charge in [-0.15, -0.1) is 0 Å². The van der Waals surface area contributed by atoms with Crippen LogP contribution in [0.4, 0.5) is 0 Å². The van der Waals surface area contributed by atoms with E-state index in [1.54, 1.807) is 7.11 Å². The van der Waals surface area contributed by atoms with Crippen molar-refractivity contribution in [2.75, 3.05) is 20.3 Å². The number of aliphatic hydroxyl groups excluding tert-OH is 1. The van der Waals surface area contributed by atoms with Crippen molar-refractivity contribution < 1.29 is 24.1 Å². The van der Waals surface area contributed by atoms with Crippen LogP contribution in [0.15, 0.2) is 48.5 Å². The van der Waals surface area contributed by atoms with E-state index in [0.717, 1.165) is 24.3 Å². The third kappa shape index (κ3) is 3.96. The number of aliphatic hydroxyl groups is 1. The van der Waals surface area contributed by atoms with Gasteiger partial charge in [-0.05, 0) is 37.1 Å². The molecule has 2 aromatic rings. The highest BCUT2D eigenvalue weighted by atomic mass is 16.6. The number of ether oxygens (including phenoxy) is 4. The maximum Gasteiger partial charge on any atom is 0.161 e. The molecule has 0 radical (unpaired) electrons. The van der Waals surface area contributed by atoms with Crippen molar-refractivity contribution in [3.05, 3.63) is 48.5 Å². The van der Waals surface area contributed by atoms with Gasteiger partial charge < -0.3 is 29.4 Å². The summed E-state index contributed by atoms with van der Waals surface area (Å²) in [6.07, 6.45) is 0.684. The maximum absolute atomic E-state index is 10.7. The second-order valence-corrected chi connectivity index (χ2v) is 6.89. The van der Waals surface area contributed by atoms with E-state index >= 15 is 0 Å². The molecule has 1 saturated carbocycles. The van der Waals surface area contributed by atoms with Crippen molar-refractivity contribution in [1.82, 2.24) is 5.32 Å². The Morgan fingerprint density at radius 1 is 1.04 bits per heavy atom. The largest absolute Gasteiger partial charge is 0.493 e. The van der Waals surface area contributed by atoms with E-state index in [9.17, 15) is 5.11 Å². The van der Waals surface area contributed by atoms with Gasteiger partial charge in [0.2, 0.25) is 0 Å². The Labute approximate surface area is 159 Å². The van der Waals surface area contributed by atoms with E-state index in [1.165, 1.54) is 0 Å². The third-order valence-corrected chi connectivity index (χ3v) is 5.08. The normalized spacial score (nSPS) is 26.6. The zero-order valence-corrected chi connectivity index (χ0v) is 15.3. The van der Waals surface area contributed by atoms with Gasteiger partial charge in [-0.1, -0.05) is 24.3 Å². The molecule has 1 aliphatic heterocycles. The number of nitrogens with one attached hydrogen (secondary N) is 1. The molecule has 2 N–H and O–H groups in total. The van der Waals surface area contributed by atoms with Crippen LogP contribution >= 0.6 is 0 Å². The number of hydrogen-bond donors (Lipinski definition) is 2. The lowest BCUT2D eigenvalue weighted by Gasteiger charge is -2.28. The summed E-state index contributed by atoms with van der Waals surface area (Å²) in [6.45, 7) is 1.10. The van der Waals surface area contributed by atoms with E-state index in [-0.39, 0.29) is 18.2 Å². The van der Waals surface area contributed by atoms with Crippen molar-refractivity contribution in [3.63, 3.8) is 0 Å². The van der Waals surface area contributed by atoms with E-state index in [2.05, 4.69) is 5.32 Å². The molecule has 4 atom stereocenters. The highest BCUT2D eigenvalue weighted by Crippen LogP contribution is 2.32. The molecule has 4 rings (SSSR count).